The number of rotatable bonds is 10. The molecule has 2 aliphatic heterocycles. The molecule has 0 spiro atoms. The second kappa shape index (κ2) is 9.55. The number of epoxide rings is 2. The largest absolute Gasteiger partial charge is 1.00 e. The topological polar surface area (TPSA) is 62.0 Å². The fraction of sp³-hybridized carbons (Fsp3) is 0.500. The van der Waals surface area contributed by atoms with Gasteiger partial charge in [0.05, 0.1) is 0 Å². The van der Waals surface area contributed by atoms with Crippen LogP contribution >= 0.6 is 0 Å². The molecule has 0 aliphatic carbocycles. The normalized spacial score (nSPS) is 23.8. The first-order chi connectivity index (χ1) is 14.3. The van der Waals surface area contributed by atoms with Crippen LogP contribution in [0.1, 0.15) is 41.7 Å². The summed E-state index contributed by atoms with van der Waals surface area (Å²) in [6, 6.07) is 11.6. The third-order valence-corrected chi connectivity index (χ3v) is 5.31. The molecule has 2 atom stereocenters. The second-order valence-corrected chi connectivity index (χ2v) is 8.41. The van der Waals surface area contributed by atoms with E-state index in [1.807, 2.05) is 26.8 Å². The van der Waals surface area contributed by atoms with Gasteiger partial charge in [-0.05, 0) is 45.2 Å². The van der Waals surface area contributed by atoms with Crippen LogP contribution in [0.15, 0.2) is 24.3 Å². The van der Waals surface area contributed by atoms with Crippen LogP contribution in [0.4, 0.5) is 0 Å². The molecule has 2 heterocycles. The summed E-state index contributed by atoms with van der Waals surface area (Å²) in [5, 5.41) is 0. The zero-order valence-electron chi connectivity index (χ0n) is 18.6. The number of benzene rings is 2. The van der Waals surface area contributed by atoms with Gasteiger partial charge in [-0.1, -0.05) is 24.6 Å². The molecule has 31 heavy (non-hydrogen) atoms. The van der Waals surface area contributed by atoms with E-state index in [4.69, 9.17) is 28.4 Å². The number of hydrogen-bond acceptors (Lipinski definition) is 6. The predicted molar refractivity (Wildman–Crippen MR) is 111 cm³/mol. The van der Waals surface area contributed by atoms with Crippen LogP contribution in [0.3, 0.4) is 0 Å². The minimum absolute atomic E-state index is 0. The Kier molecular flexibility index (Phi) is 7.44. The first-order valence-corrected chi connectivity index (χ1v) is 10.2. The molecule has 2 unspecified atom stereocenters. The molecule has 0 saturated carbocycles. The molecule has 0 amide bonds. The molecule has 2 aromatic rings. The van der Waals surface area contributed by atoms with E-state index in [1.54, 1.807) is 0 Å². The fourth-order valence-electron chi connectivity index (χ4n) is 3.32. The Labute approximate surface area is 196 Å². The van der Waals surface area contributed by atoms with Gasteiger partial charge in [-0.25, -0.2) is 0 Å². The zero-order valence-corrected chi connectivity index (χ0v) is 20.4. The smallest absolute Gasteiger partial charge is 0.493 e. The average molecular weight is 515 g/mol. The van der Waals surface area contributed by atoms with Crippen LogP contribution in [-0.2, 0) is 44.8 Å². The summed E-state index contributed by atoms with van der Waals surface area (Å²) >= 11 is 0. The van der Waals surface area contributed by atoms with E-state index in [1.165, 1.54) is 11.1 Å². The van der Waals surface area contributed by atoms with E-state index in [-0.39, 0.29) is 33.1 Å². The molecule has 6 nitrogen and oxygen atoms in total. The maximum atomic E-state index is 5.84. The maximum absolute atomic E-state index is 5.84. The molecule has 2 fully saturated rings. The van der Waals surface area contributed by atoms with Gasteiger partial charge in [-0.2, -0.15) is 17.7 Å². The summed E-state index contributed by atoms with van der Waals surface area (Å²) in [5.74, 6) is 0.618. The van der Waals surface area contributed by atoms with Crippen LogP contribution in [0.2, 0.25) is 0 Å². The van der Waals surface area contributed by atoms with Gasteiger partial charge in [0.2, 0.25) is 0 Å². The monoisotopic (exact) mass is 515 g/mol. The van der Waals surface area contributed by atoms with Gasteiger partial charge in [0.15, 0.2) is 25.2 Å². The van der Waals surface area contributed by atoms with Gasteiger partial charge in [-0.3, -0.25) is 0 Å². The minimum Gasteiger partial charge on any atom is -0.493 e. The summed E-state index contributed by atoms with van der Waals surface area (Å²) in [6.07, 6.45) is 0.810. The fourth-order valence-corrected chi connectivity index (χ4v) is 3.32. The standard InChI is InChI=1S/C24H29O6.Ru/c1-16-8-19(6-7-21(16)25-14-29-23(4)12-27-23)11-20-9-17(2)22(18(3)10-20)26-15-30-24(5)13-28-24;/h6,8-10H,11-15H2,1-5H3;/q-1;+1. The van der Waals surface area contributed by atoms with E-state index in [9.17, 15) is 0 Å². The molecule has 2 saturated heterocycles. The van der Waals surface area contributed by atoms with Gasteiger partial charge in [0.1, 0.15) is 19.0 Å². The van der Waals surface area contributed by atoms with Crippen molar-refractivity contribution in [1.82, 2.24) is 0 Å². The van der Waals surface area contributed by atoms with Crippen molar-refractivity contribution in [1.29, 1.82) is 0 Å². The van der Waals surface area contributed by atoms with Crippen molar-refractivity contribution in [3.8, 4) is 11.5 Å². The number of aryl methyl sites for hydroxylation is 3. The summed E-state index contributed by atoms with van der Waals surface area (Å²) in [7, 11) is 0. The summed E-state index contributed by atoms with van der Waals surface area (Å²) < 4.78 is 33.0. The van der Waals surface area contributed by atoms with E-state index in [2.05, 4.69) is 38.1 Å². The Balaban J connectivity index is 0.00000272. The van der Waals surface area contributed by atoms with Crippen molar-refractivity contribution in [2.75, 3.05) is 26.8 Å². The van der Waals surface area contributed by atoms with Gasteiger partial charge in [-0.15, -0.1) is 11.6 Å². The molecule has 1 radical (unpaired) electrons. The third-order valence-electron chi connectivity index (χ3n) is 5.31. The zero-order chi connectivity index (χ0) is 21.4. The SMILES string of the molecule is Cc1cc(Cc2cc(C)c(OCOC3(C)CO3)c(C)c2)c[c-]c1OCOC1(C)CO1.[Ru+]. The van der Waals surface area contributed by atoms with E-state index in [0.717, 1.165) is 28.9 Å². The Hall–Kier alpha value is -1.50. The van der Waals surface area contributed by atoms with Crippen molar-refractivity contribution in [3.63, 3.8) is 0 Å². The Bertz CT molecular complexity index is 897. The van der Waals surface area contributed by atoms with Gasteiger partial charge in [0, 0.05) is 5.75 Å². The van der Waals surface area contributed by atoms with Crippen LogP contribution in [0, 0.1) is 26.8 Å². The van der Waals surface area contributed by atoms with Crippen LogP contribution in [0.5, 0.6) is 11.5 Å². The van der Waals surface area contributed by atoms with Gasteiger partial charge >= 0.3 is 19.5 Å². The summed E-state index contributed by atoms with van der Waals surface area (Å²) in [4.78, 5) is 0. The first kappa shape index (κ1) is 24.2. The Morgan fingerprint density at radius 2 is 1.35 bits per heavy atom. The Morgan fingerprint density at radius 3 is 1.87 bits per heavy atom. The van der Waals surface area contributed by atoms with Crippen LogP contribution < -0.4 is 9.47 Å². The Morgan fingerprint density at radius 1 is 0.839 bits per heavy atom. The predicted octanol–water partition coefficient (Wildman–Crippen LogP) is 4.20. The van der Waals surface area contributed by atoms with Crippen molar-refractivity contribution in [3.05, 3.63) is 58.1 Å². The second-order valence-electron chi connectivity index (χ2n) is 8.41. The molecule has 4 rings (SSSR count). The van der Waals surface area contributed by atoms with E-state index < -0.39 is 11.6 Å². The van der Waals surface area contributed by atoms with Crippen LogP contribution in [0.25, 0.3) is 0 Å². The van der Waals surface area contributed by atoms with Crippen molar-refractivity contribution in [2.45, 2.75) is 52.6 Å². The molecular weight excluding hydrogens is 485 g/mol. The van der Waals surface area contributed by atoms with Crippen molar-refractivity contribution in [2.24, 2.45) is 0 Å². The number of hydrogen-bond donors (Lipinski definition) is 0. The molecule has 2 aliphatic rings. The molecule has 0 bridgehead atoms. The summed E-state index contributed by atoms with van der Waals surface area (Å²) in [5.41, 5.74) is 5.60. The third kappa shape index (κ3) is 6.50. The van der Waals surface area contributed by atoms with E-state index >= 15 is 0 Å². The molecule has 0 aromatic heterocycles. The molecule has 2 aromatic carbocycles. The van der Waals surface area contributed by atoms with Gasteiger partial charge in [0.25, 0.3) is 0 Å². The summed E-state index contributed by atoms with van der Waals surface area (Å²) in [6.45, 7) is 11.5. The van der Waals surface area contributed by atoms with Crippen molar-refractivity contribution < 1.29 is 47.9 Å². The van der Waals surface area contributed by atoms with Crippen LogP contribution in [-0.4, -0.2) is 38.4 Å². The molecule has 0 N–H and O–H groups in total. The maximum Gasteiger partial charge on any atom is 1.00 e. The van der Waals surface area contributed by atoms with Crippen molar-refractivity contribution >= 4 is 0 Å². The number of ether oxygens (including phenoxy) is 6. The molecule has 7 heteroatoms. The van der Waals surface area contributed by atoms with E-state index in [0.29, 0.717) is 19.0 Å². The minimum atomic E-state index is -0.477. The van der Waals surface area contributed by atoms with Gasteiger partial charge < -0.3 is 28.4 Å². The molecule has 169 valence electrons. The first-order valence-electron chi connectivity index (χ1n) is 10.2. The average Bonchev–Trinajstić information content (AvgIpc) is 3.59. The quantitative estimate of drug-likeness (QED) is 0.205. The molecular formula is C24H29O6Ru.